The molecule has 1 rings (SSSR count). The van der Waals surface area contributed by atoms with Gasteiger partial charge in [0.25, 0.3) is 0 Å². The van der Waals surface area contributed by atoms with Crippen LogP contribution in [0.25, 0.3) is 0 Å². The van der Waals surface area contributed by atoms with Crippen LogP contribution in [-0.2, 0) is 14.3 Å². The van der Waals surface area contributed by atoms with E-state index in [1.807, 2.05) is 0 Å². The van der Waals surface area contributed by atoms with Crippen molar-refractivity contribution in [1.29, 1.82) is 0 Å². The summed E-state index contributed by atoms with van der Waals surface area (Å²) in [6.45, 7) is 2.48. The van der Waals surface area contributed by atoms with Crippen molar-refractivity contribution in [3.63, 3.8) is 0 Å². The van der Waals surface area contributed by atoms with E-state index in [9.17, 15) is 14.4 Å². The van der Waals surface area contributed by atoms with Gasteiger partial charge in [-0.3, -0.25) is 14.4 Å². The second-order valence-corrected chi connectivity index (χ2v) is 4.56. The van der Waals surface area contributed by atoms with E-state index in [4.69, 9.17) is 4.74 Å². The maximum Gasteiger partial charge on any atom is 0.233 e. The summed E-state index contributed by atoms with van der Waals surface area (Å²) < 4.78 is 4.86. The Kier molecular flexibility index (Phi) is 7.11. The highest BCUT2D eigenvalue weighted by Gasteiger charge is 2.10. The van der Waals surface area contributed by atoms with Crippen LogP contribution in [0.5, 0.6) is 0 Å². The molecule has 21 heavy (non-hydrogen) atoms. The molecule has 0 aliphatic rings. The zero-order valence-electron chi connectivity index (χ0n) is 12.3. The molecule has 0 heterocycles. The minimum atomic E-state index is -0.417. The van der Waals surface area contributed by atoms with Gasteiger partial charge in [0.2, 0.25) is 11.8 Å². The Labute approximate surface area is 123 Å². The van der Waals surface area contributed by atoms with E-state index in [1.54, 1.807) is 31.4 Å². The third-order valence-electron chi connectivity index (χ3n) is 2.72. The number of carbonyl (C=O) groups is 3. The molecule has 114 valence electrons. The van der Waals surface area contributed by atoms with Crippen LogP contribution in [0.4, 0.5) is 5.69 Å². The fourth-order valence-electron chi connectivity index (χ4n) is 1.67. The molecule has 0 radical (unpaired) electrons. The standard InChI is InChI=1S/C15H20N2O4/c1-11(18)12-5-3-6-13(9-12)17-15(20)10-14(19)16-7-4-8-21-2/h3,5-6,9H,4,7-8,10H2,1-2H3,(H,16,19)(H,17,20). The van der Waals surface area contributed by atoms with E-state index in [1.165, 1.54) is 6.92 Å². The summed E-state index contributed by atoms with van der Waals surface area (Å²) in [4.78, 5) is 34.5. The highest BCUT2D eigenvalue weighted by Crippen LogP contribution is 2.11. The first-order valence-electron chi connectivity index (χ1n) is 6.69. The van der Waals surface area contributed by atoms with Gasteiger partial charge in [-0.25, -0.2) is 0 Å². The third kappa shape index (κ3) is 6.67. The maximum atomic E-state index is 11.7. The molecule has 0 unspecified atom stereocenters. The van der Waals surface area contributed by atoms with E-state index < -0.39 is 5.91 Å². The van der Waals surface area contributed by atoms with E-state index in [2.05, 4.69) is 10.6 Å². The van der Waals surface area contributed by atoms with E-state index in [0.717, 1.165) is 0 Å². The van der Waals surface area contributed by atoms with Crippen molar-refractivity contribution in [2.45, 2.75) is 19.8 Å². The highest BCUT2D eigenvalue weighted by molar-refractivity contribution is 6.04. The fraction of sp³-hybridized carbons (Fsp3) is 0.400. The molecule has 0 saturated heterocycles. The zero-order valence-corrected chi connectivity index (χ0v) is 12.3. The van der Waals surface area contributed by atoms with Gasteiger partial charge >= 0.3 is 0 Å². The number of nitrogens with one attached hydrogen (secondary N) is 2. The fourth-order valence-corrected chi connectivity index (χ4v) is 1.67. The summed E-state index contributed by atoms with van der Waals surface area (Å²) in [7, 11) is 1.59. The van der Waals surface area contributed by atoms with Crippen molar-refractivity contribution < 1.29 is 19.1 Å². The normalized spacial score (nSPS) is 10.0. The van der Waals surface area contributed by atoms with Gasteiger partial charge in [0.1, 0.15) is 6.42 Å². The van der Waals surface area contributed by atoms with Crippen LogP contribution < -0.4 is 10.6 Å². The van der Waals surface area contributed by atoms with E-state index in [0.29, 0.717) is 30.8 Å². The number of amides is 2. The zero-order chi connectivity index (χ0) is 15.7. The van der Waals surface area contributed by atoms with Gasteiger partial charge in [0, 0.05) is 31.5 Å². The molecule has 0 saturated carbocycles. The number of anilines is 1. The quantitative estimate of drug-likeness (QED) is 0.430. The first kappa shape index (κ1) is 16.8. The Balaban J connectivity index is 2.41. The van der Waals surface area contributed by atoms with E-state index >= 15 is 0 Å². The van der Waals surface area contributed by atoms with Crippen molar-refractivity contribution in [1.82, 2.24) is 5.32 Å². The lowest BCUT2D eigenvalue weighted by molar-refractivity contribution is -0.126. The van der Waals surface area contributed by atoms with Crippen molar-refractivity contribution in [3.05, 3.63) is 29.8 Å². The summed E-state index contributed by atoms with van der Waals surface area (Å²) in [5, 5.41) is 5.22. The molecule has 0 spiro atoms. The predicted molar refractivity (Wildman–Crippen MR) is 79.2 cm³/mol. The number of carbonyl (C=O) groups excluding carboxylic acids is 3. The molecule has 6 heteroatoms. The van der Waals surface area contributed by atoms with Crippen LogP contribution in [0.1, 0.15) is 30.1 Å². The Morgan fingerprint density at radius 2 is 1.95 bits per heavy atom. The second kappa shape index (κ2) is 8.86. The lowest BCUT2D eigenvalue weighted by Gasteiger charge is -2.07. The molecule has 0 fully saturated rings. The Hall–Kier alpha value is -2.21. The number of hydrogen-bond acceptors (Lipinski definition) is 4. The smallest absolute Gasteiger partial charge is 0.233 e. The first-order chi connectivity index (χ1) is 10.0. The average Bonchev–Trinajstić information content (AvgIpc) is 2.43. The Morgan fingerprint density at radius 1 is 1.19 bits per heavy atom. The molecule has 0 atom stereocenters. The monoisotopic (exact) mass is 292 g/mol. The molecule has 0 aliphatic carbocycles. The first-order valence-corrected chi connectivity index (χ1v) is 6.69. The summed E-state index contributed by atoms with van der Waals surface area (Å²) in [6, 6.07) is 6.59. The number of benzene rings is 1. The molecule has 0 aliphatic heterocycles. The Bertz CT molecular complexity index is 514. The van der Waals surface area contributed by atoms with Crippen molar-refractivity contribution in [2.24, 2.45) is 0 Å². The van der Waals surface area contributed by atoms with Gasteiger partial charge in [-0.15, -0.1) is 0 Å². The second-order valence-electron chi connectivity index (χ2n) is 4.56. The topological polar surface area (TPSA) is 84.5 Å². The summed E-state index contributed by atoms with van der Waals surface area (Å²) in [5.41, 5.74) is 1.01. The molecule has 0 aromatic heterocycles. The number of Topliss-reactive ketones (excluding diaryl/α,β-unsaturated/α-hetero) is 1. The number of hydrogen-bond donors (Lipinski definition) is 2. The maximum absolute atomic E-state index is 11.7. The van der Waals surface area contributed by atoms with Crippen LogP contribution in [0.2, 0.25) is 0 Å². The minimum Gasteiger partial charge on any atom is -0.385 e. The van der Waals surface area contributed by atoms with Gasteiger partial charge in [-0.1, -0.05) is 12.1 Å². The van der Waals surface area contributed by atoms with Crippen LogP contribution in [0.15, 0.2) is 24.3 Å². The molecule has 2 N–H and O–H groups in total. The van der Waals surface area contributed by atoms with Crippen molar-refractivity contribution in [3.8, 4) is 0 Å². The van der Waals surface area contributed by atoms with Crippen molar-refractivity contribution in [2.75, 3.05) is 25.6 Å². The minimum absolute atomic E-state index is 0.0815. The molecule has 0 bridgehead atoms. The number of ether oxygens (including phenoxy) is 1. The summed E-state index contributed by atoms with van der Waals surface area (Å²) in [6.07, 6.45) is 0.446. The van der Waals surface area contributed by atoms with Crippen LogP contribution >= 0.6 is 0 Å². The van der Waals surface area contributed by atoms with Crippen LogP contribution in [0, 0.1) is 0 Å². The Morgan fingerprint density at radius 3 is 2.62 bits per heavy atom. The van der Waals surface area contributed by atoms with Gasteiger partial charge in [-0.2, -0.15) is 0 Å². The SMILES string of the molecule is COCCCNC(=O)CC(=O)Nc1cccc(C(C)=O)c1. The molecular formula is C15H20N2O4. The average molecular weight is 292 g/mol. The number of methoxy groups -OCH3 is 1. The predicted octanol–water partition coefficient (Wildman–Crippen LogP) is 1.37. The van der Waals surface area contributed by atoms with Gasteiger partial charge < -0.3 is 15.4 Å². The van der Waals surface area contributed by atoms with Crippen LogP contribution in [0.3, 0.4) is 0 Å². The lowest BCUT2D eigenvalue weighted by atomic mass is 10.1. The number of ketones is 1. The lowest BCUT2D eigenvalue weighted by Crippen LogP contribution is -2.29. The molecule has 6 nitrogen and oxygen atoms in total. The van der Waals surface area contributed by atoms with Gasteiger partial charge in [-0.05, 0) is 25.5 Å². The van der Waals surface area contributed by atoms with Crippen LogP contribution in [-0.4, -0.2) is 37.9 Å². The van der Waals surface area contributed by atoms with Crippen molar-refractivity contribution >= 4 is 23.3 Å². The molecule has 1 aromatic rings. The molecule has 1 aromatic carbocycles. The molecular weight excluding hydrogens is 272 g/mol. The van der Waals surface area contributed by atoms with Gasteiger partial charge in [0.05, 0.1) is 0 Å². The summed E-state index contributed by atoms with van der Waals surface area (Å²) >= 11 is 0. The summed E-state index contributed by atoms with van der Waals surface area (Å²) in [5.74, 6) is -0.840. The highest BCUT2D eigenvalue weighted by atomic mass is 16.5. The number of rotatable bonds is 8. The molecule has 2 amide bonds. The largest absolute Gasteiger partial charge is 0.385 e. The van der Waals surface area contributed by atoms with E-state index in [-0.39, 0.29) is 18.1 Å². The third-order valence-corrected chi connectivity index (χ3v) is 2.72. The van der Waals surface area contributed by atoms with Gasteiger partial charge in [0.15, 0.2) is 5.78 Å².